The zero-order chi connectivity index (χ0) is 16.3. The zero-order valence-corrected chi connectivity index (χ0v) is 11.8. The van der Waals surface area contributed by atoms with Gasteiger partial charge >= 0.3 is 5.03 Å². The summed E-state index contributed by atoms with van der Waals surface area (Å²) in [6.07, 6.45) is 1.17. The van der Waals surface area contributed by atoms with Crippen LogP contribution in [-0.4, -0.2) is 14.4 Å². The van der Waals surface area contributed by atoms with Gasteiger partial charge in [-0.2, -0.15) is 0 Å². The molecule has 1 atom stereocenters. The third-order valence-corrected chi connectivity index (χ3v) is 4.08. The van der Waals surface area contributed by atoms with E-state index in [9.17, 15) is 30.0 Å². The van der Waals surface area contributed by atoms with Crippen LogP contribution in [-0.2, 0) is 16.9 Å². The molecule has 0 bridgehead atoms. The van der Waals surface area contributed by atoms with Gasteiger partial charge in [0, 0.05) is 23.8 Å². The minimum absolute atomic E-state index is 0.0309. The summed E-state index contributed by atoms with van der Waals surface area (Å²) in [5, 5.41) is 33.1. The highest BCUT2D eigenvalue weighted by Crippen LogP contribution is 2.25. The monoisotopic (exact) mass is 323 g/mol. The number of pyridine rings is 1. The van der Waals surface area contributed by atoms with E-state index in [0.717, 1.165) is 18.2 Å². The topological polar surface area (TPSA) is 136 Å². The lowest BCUT2D eigenvalue weighted by molar-refractivity contribution is -0.646. The Kier molecular flexibility index (Phi) is 4.53. The molecule has 0 radical (unpaired) electrons. The molecule has 114 valence electrons. The largest absolute Gasteiger partial charge is 0.615 e. The Labute approximate surface area is 126 Å². The molecule has 0 spiro atoms. The summed E-state index contributed by atoms with van der Waals surface area (Å²) in [6.45, 7) is 0. The summed E-state index contributed by atoms with van der Waals surface area (Å²) >= 11 is -1.78. The van der Waals surface area contributed by atoms with E-state index >= 15 is 0 Å². The third kappa shape index (κ3) is 3.48. The lowest BCUT2D eigenvalue weighted by Gasteiger charge is -2.09. The van der Waals surface area contributed by atoms with Crippen molar-refractivity contribution in [2.45, 2.75) is 10.8 Å². The van der Waals surface area contributed by atoms with Crippen molar-refractivity contribution in [2.24, 2.45) is 0 Å². The van der Waals surface area contributed by atoms with Crippen LogP contribution >= 0.6 is 0 Å². The van der Waals surface area contributed by atoms with Crippen LogP contribution < -0.4 is 4.73 Å². The molecule has 0 aliphatic rings. The second-order valence-corrected chi connectivity index (χ2v) is 5.62. The van der Waals surface area contributed by atoms with Gasteiger partial charge in [-0.15, -0.1) is 4.73 Å². The average molecular weight is 323 g/mol. The predicted octanol–water partition coefficient (Wildman–Crippen LogP) is 1.44. The second-order valence-electron chi connectivity index (χ2n) is 4.23. The third-order valence-electron chi connectivity index (χ3n) is 2.70. The van der Waals surface area contributed by atoms with Crippen molar-refractivity contribution in [1.29, 1.82) is 0 Å². The van der Waals surface area contributed by atoms with E-state index in [2.05, 4.69) is 0 Å². The summed E-state index contributed by atoms with van der Waals surface area (Å²) < 4.78 is 12.6. The number of hydrogen-bond acceptors (Lipinski definition) is 6. The van der Waals surface area contributed by atoms with Crippen molar-refractivity contribution in [2.75, 3.05) is 0 Å². The number of aromatic nitrogens is 1. The Hall–Kier alpha value is -2.72. The van der Waals surface area contributed by atoms with Crippen LogP contribution in [0.2, 0.25) is 0 Å². The maximum Gasteiger partial charge on any atom is 0.393 e. The summed E-state index contributed by atoms with van der Waals surface area (Å²) in [5.41, 5.74) is -0.795. The van der Waals surface area contributed by atoms with Gasteiger partial charge in [-0.3, -0.25) is 20.2 Å². The minimum atomic E-state index is -1.78. The molecule has 1 heterocycles. The van der Waals surface area contributed by atoms with Crippen LogP contribution in [0.25, 0.3) is 0 Å². The van der Waals surface area contributed by atoms with Gasteiger partial charge in [-0.25, -0.2) is 0 Å². The molecule has 1 aromatic heterocycles. The highest BCUT2D eigenvalue weighted by molar-refractivity contribution is 7.90. The number of hydrogen-bond donors (Lipinski definition) is 0. The first-order chi connectivity index (χ1) is 10.4. The number of rotatable bonds is 5. The quantitative estimate of drug-likeness (QED) is 0.268. The Bertz CT molecular complexity index is 706. The first-order valence-corrected chi connectivity index (χ1v) is 7.19. The summed E-state index contributed by atoms with van der Waals surface area (Å²) in [7, 11) is 0. The van der Waals surface area contributed by atoms with E-state index in [-0.39, 0.29) is 16.3 Å². The van der Waals surface area contributed by atoms with E-state index in [1.54, 1.807) is 0 Å². The van der Waals surface area contributed by atoms with Crippen molar-refractivity contribution < 1.29 is 19.1 Å². The maximum absolute atomic E-state index is 12.1. The van der Waals surface area contributed by atoms with E-state index in [1.807, 2.05) is 0 Å². The molecule has 0 saturated carbocycles. The van der Waals surface area contributed by atoms with Gasteiger partial charge in [0.15, 0.2) is 6.20 Å². The van der Waals surface area contributed by atoms with Crippen LogP contribution in [0.3, 0.4) is 0 Å². The van der Waals surface area contributed by atoms with Crippen molar-refractivity contribution in [3.8, 4) is 0 Å². The van der Waals surface area contributed by atoms with Crippen molar-refractivity contribution in [1.82, 2.24) is 0 Å². The van der Waals surface area contributed by atoms with Gasteiger partial charge in [-0.1, -0.05) is 0 Å². The van der Waals surface area contributed by atoms with Crippen molar-refractivity contribution in [3.05, 3.63) is 73.6 Å². The fourth-order valence-corrected chi connectivity index (χ4v) is 2.87. The Morgan fingerprint density at radius 1 is 1.05 bits per heavy atom. The molecule has 0 saturated heterocycles. The normalized spacial score (nSPS) is 11.9. The van der Waals surface area contributed by atoms with Crippen LogP contribution in [0.15, 0.2) is 47.6 Å². The minimum Gasteiger partial charge on any atom is -0.615 e. The molecule has 22 heavy (non-hydrogen) atoms. The van der Waals surface area contributed by atoms with E-state index in [1.165, 1.54) is 24.4 Å². The zero-order valence-electron chi connectivity index (χ0n) is 10.9. The number of benzene rings is 1. The first kappa shape index (κ1) is 15.7. The SMILES string of the molecule is O=[N+]([O-])c1cc(C[S+]([O-])c2cccc[n+]2[O-])cc([N+](=O)[O-])c1. The second kappa shape index (κ2) is 6.37. The van der Waals surface area contributed by atoms with Gasteiger partial charge in [0.05, 0.1) is 33.2 Å². The fraction of sp³-hybridized carbons (Fsp3) is 0.0833. The van der Waals surface area contributed by atoms with Crippen molar-refractivity contribution in [3.63, 3.8) is 0 Å². The highest BCUT2D eigenvalue weighted by Gasteiger charge is 2.24. The summed E-state index contributed by atoms with van der Waals surface area (Å²) in [6, 6.07) is 7.37. The summed E-state index contributed by atoms with van der Waals surface area (Å²) in [5.74, 6) is -0.241. The Balaban J connectivity index is 2.34. The lowest BCUT2D eigenvalue weighted by atomic mass is 10.2. The fourth-order valence-electron chi connectivity index (χ4n) is 1.76. The first-order valence-electron chi connectivity index (χ1n) is 5.88. The lowest BCUT2D eigenvalue weighted by Crippen LogP contribution is -2.33. The van der Waals surface area contributed by atoms with Crippen LogP contribution in [0.5, 0.6) is 0 Å². The number of non-ortho nitro benzene ring substituents is 2. The molecule has 0 aliphatic heterocycles. The van der Waals surface area contributed by atoms with Gasteiger partial charge in [0.2, 0.25) is 0 Å². The van der Waals surface area contributed by atoms with Crippen LogP contribution in [0, 0.1) is 25.4 Å². The molecule has 10 heteroatoms. The molecular formula is C12H9N3O6S. The molecule has 0 amide bonds. The molecular weight excluding hydrogens is 314 g/mol. The Morgan fingerprint density at radius 3 is 2.14 bits per heavy atom. The molecule has 1 aromatic carbocycles. The smallest absolute Gasteiger partial charge is 0.393 e. The molecule has 0 N–H and O–H groups in total. The Morgan fingerprint density at radius 2 is 1.64 bits per heavy atom. The van der Waals surface area contributed by atoms with Crippen LogP contribution in [0.4, 0.5) is 11.4 Å². The van der Waals surface area contributed by atoms with Gasteiger partial charge in [0.25, 0.3) is 11.4 Å². The van der Waals surface area contributed by atoms with Gasteiger partial charge in [0.1, 0.15) is 5.75 Å². The summed E-state index contributed by atoms with van der Waals surface area (Å²) in [4.78, 5) is 20.0. The maximum atomic E-state index is 12.1. The van der Waals surface area contributed by atoms with E-state index in [0.29, 0.717) is 4.73 Å². The van der Waals surface area contributed by atoms with Gasteiger partial charge in [-0.05, 0) is 6.07 Å². The van der Waals surface area contributed by atoms with E-state index < -0.39 is 32.4 Å². The number of nitro benzene ring substituents is 2. The molecule has 0 aliphatic carbocycles. The average Bonchev–Trinajstić information content (AvgIpc) is 2.47. The standard InChI is InChI=1S/C12H9N3O6S/c16-13-4-2-1-3-12(13)22(21)8-9-5-10(14(17)18)7-11(6-9)15(19)20/h1-7H,8H2. The number of nitrogens with zero attached hydrogens (tertiary/aromatic N) is 3. The number of nitro groups is 2. The van der Waals surface area contributed by atoms with Gasteiger partial charge < -0.3 is 9.76 Å². The molecule has 1 unspecified atom stereocenters. The van der Waals surface area contributed by atoms with Crippen molar-refractivity contribution >= 4 is 22.6 Å². The predicted molar refractivity (Wildman–Crippen MR) is 75.3 cm³/mol. The molecule has 2 rings (SSSR count). The van der Waals surface area contributed by atoms with E-state index in [4.69, 9.17) is 0 Å². The molecule has 0 fully saturated rings. The van der Waals surface area contributed by atoms with Crippen LogP contribution in [0.1, 0.15) is 5.56 Å². The molecule has 9 nitrogen and oxygen atoms in total. The molecule has 2 aromatic rings. The highest BCUT2D eigenvalue weighted by atomic mass is 32.2.